The number of halogens is 2. The van der Waals surface area contributed by atoms with E-state index in [4.69, 9.17) is 11.6 Å². The summed E-state index contributed by atoms with van der Waals surface area (Å²) >= 11 is 6.26. The van der Waals surface area contributed by atoms with Crippen LogP contribution in [0, 0.1) is 15.9 Å². The molecule has 0 radical (unpaired) electrons. The van der Waals surface area contributed by atoms with Gasteiger partial charge in [0.1, 0.15) is 5.82 Å². The van der Waals surface area contributed by atoms with Gasteiger partial charge in [0.15, 0.2) is 5.78 Å². The minimum atomic E-state index is -0.680. The van der Waals surface area contributed by atoms with Gasteiger partial charge in [0.05, 0.1) is 15.6 Å². The van der Waals surface area contributed by atoms with Gasteiger partial charge in [-0.15, -0.1) is 0 Å². The Labute approximate surface area is 170 Å². The second-order valence-corrected chi connectivity index (χ2v) is 7.44. The minimum Gasteiger partial charge on any atom is -0.294 e. The van der Waals surface area contributed by atoms with E-state index in [9.17, 15) is 24.1 Å². The van der Waals surface area contributed by atoms with Gasteiger partial charge < -0.3 is 0 Å². The Bertz CT molecular complexity index is 1080. The van der Waals surface area contributed by atoms with E-state index in [-0.39, 0.29) is 34.5 Å². The molecule has 0 aromatic heterocycles. The van der Waals surface area contributed by atoms with E-state index in [1.54, 1.807) is 18.2 Å². The topological polar surface area (TPSA) is 80.5 Å². The van der Waals surface area contributed by atoms with Gasteiger partial charge in [0, 0.05) is 42.2 Å². The molecule has 2 aromatic carbocycles. The van der Waals surface area contributed by atoms with Crippen molar-refractivity contribution in [2.24, 2.45) is 0 Å². The lowest BCUT2D eigenvalue weighted by Crippen LogP contribution is -2.40. The van der Waals surface area contributed by atoms with Crippen molar-refractivity contribution < 1.29 is 18.9 Å². The normalized spacial score (nSPS) is 19.4. The van der Waals surface area contributed by atoms with Crippen molar-refractivity contribution in [2.75, 3.05) is 4.90 Å². The maximum atomic E-state index is 14.5. The van der Waals surface area contributed by atoms with Crippen LogP contribution in [0.3, 0.4) is 0 Å². The Morgan fingerprint density at radius 2 is 1.90 bits per heavy atom. The van der Waals surface area contributed by atoms with Gasteiger partial charge in [-0.2, -0.15) is 0 Å². The predicted molar refractivity (Wildman–Crippen MR) is 105 cm³/mol. The molecular formula is C21H16ClFN2O4. The molecule has 148 valence electrons. The van der Waals surface area contributed by atoms with E-state index in [2.05, 4.69) is 0 Å². The van der Waals surface area contributed by atoms with Crippen LogP contribution in [0.25, 0.3) is 0 Å². The Morgan fingerprint density at radius 1 is 1.14 bits per heavy atom. The molecule has 2 aromatic rings. The van der Waals surface area contributed by atoms with Gasteiger partial charge in [0.2, 0.25) is 5.91 Å². The highest BCUT2D eigenvalue weighted by Gasteiger charge is 2.41. The number of amides is 1. The van der Waals surface area contributed by atoms with Crippen LogP contribution >= 0.6 is 11.6 Å². The zero-order chi connectivity index (χ0) is 20.7. The van der Waals surface area contributed by atoms with Crippen molar-refractivity contribution in [1.82, 2.24) is 0 Å². The summed E-state index contributed by atoms with van der Waals surface area (Å²) in [5.41, 5.74) is 1.10. The van der Waals surface area contributed by atoms with Crippen molar-refractivity contribution in [3.63, 3.8) is 0 Å². The average Bonchev–Trinajstić information content (AvgIpc) is 2.68. The lowest BCUT2D eigenvalue weighted by molar-refractivity contribution is -0.384. The molecule has 1 atom stereocenters. The highest BCUT2D eigenvalue weighted by Crippen LogP contribution is 2.45. The van der Waals surface area contributed by atoms with Gasteiger partial charge in [-0.25, -0.2) is 4.39 Å². The number of carbonyl (C=O) groups excluding carboxylic acids is 2. The summed E-state index contributed by atoms with van der Waals surface area (Å²) in [6, 6.07) is 9.94. The molecule has 0 N–H and O–H groups in total. The van der Waals surface area contributed by atoms with E-state index >= 15 is 0 Å². The number of nitrogens with zero attached hydrogens (tertiary/aromatic N) is 2. The van der Waals surface area contributed by atoms with Crippen LogP contribution < -0.4 is 4.90 Å². The highest BCUT2D eigenvalue weighted by molar-refractivity contribution is 6.34. The van der Waals surface area contributed by atoms with Crippen LogP contribution in [0.15, 0.2) is 53.7 Å². The first-order valence-corrected chi connectivity index (χ1v) is 9.54. The largest absolute Gasteiger partial charge is 0.294 e. The summed E-state index contributed by atoms with van der Waals surface area (Å²) in [5, 5.41) is 11.4. The zero-order valence-corrected chi connectivity index (χ0v) is 16.0. The van der Waals surface area contributed by atoms with E-state index in [0.717, 1.165) is 0 Å². The number of hydrogen-bond donors (Lipinski definition) is 0. The predicted octanol–water partition coefficient (Wildman–Crippen LogP) is 4.91. The number of nitro groups is 1. The monoisotopic (exact) mass is 414 g/mol. The third kappa shape index (κ3) is 3.31. The maximum Gasteiger partial charge on any atom is 0.271 e. The van der Waals surface area contributed by atoms with Gasteiger partial charge in [-0.3, -0.25) is 24.6 Å². The molecule has 0 bridgehead atoms. The lowest BCUT2D eigenvalue weighted by Gasteiger charge is -2.38. The number of benzene rings is 2. The average molecular weight is 415 g/mol. The molecule has 6 nitrogen and oxygen atoms in total. The summed E-state index contributed by atoms with van der Waals surface area (Å²) in [7, 11) is 0. The van der Waals surface area contributed by atoms with Crippen LogP contribution in [0.4, 0.5) is 15.8 Å². The second kappa shape index (κ2) is 7.40. The fourth-order valence-corrected chi connectivity index (χ4v) is 4.28. The molecule has 0 saturated carbocycles. The number of allylic oxidation sites excluding steroid dienone is 2. The van der Waals surface area contributed by atoms with E-state index in [0.29, 0.717) is 36.1 Å². The Hall–Kier alpha value is -3.06. The van der Waals surface area contributed by atoms with Gasteiger partial charge in [-0.05, 0) is 30.5 Å². The molecule has 2 aliphatic rings. The molecule has 29 heavy (non-hydrogen) atoms. The highest BCUT2D eigenvalue weighted by atomic mass is 35.5. The standard InChI is InChI=1S/C21H16ClFN2O4/c22-15-9-8-12(25(28)29)10-18(15)24-17-6-3-7-19(26)21(17)14(11-20(24)27)13-4-1-2-5-16(13)23/h1-2,4-5,8-10,14H,3,6-7,11H2. The first kappa shape index (κ1) is 19.3. The van der Waals surface area contributed by atoms with Gasteiger partial charge in [-0.1, -0.05) is 29.8 Å². The van der Waals surface area contributed by atoms with E-state index < -0.39 is 16.7 Å². The Kier molecular flexibility index (Phi) is 4.92. The van der Waals surface area contributed by atoms with Gasteiger partial charge >= 0.3 is 0 Å². The first-order chi connectivity index (χ1) is 13.9. The fourth-order valence-electron chi connectivity index (χ4n) is 4.08. The van der Waals surface area contributed by atoms with E-state index in [1.165, 1.54) is 29.2 Å². The zero-order valence-electron chi connectivity index (χ0n) is 15.2. The Balaban J connectivity index is 1.91. The van der Waals surface area contributed by atoms with E-state index in [1.807, 2.05) is 0 Å². The molecule has 1 aliphatic heterocycles. The SMILES string of the molecule is O=C1CCCC2=C1C(c1ccccc1F)CC(=O)N2c1cc([N+](=O)[O-])ccc1Cl. The quantitative estimate of drug-likeness (QED) is 0.527. The summed E-state index contributed by atoms with van der Waals surface area (Å²) < 4.78 is 14.5. The molecule has 1 aliphatic carbocycles. The Morgan fingerprint density at radius 3 is 2.62 bits per heavy atom. The summed E-state index contributed by atoms with van der Waals surface area (Å²) in [5.74, 6) is -1.68. The van der Waals surface area contributed by atoms with Crippen LogP contribution in [-0.4, -0.2) is 16.6 Å². The maximum absolute atomic E-state index is 14.5. The molecule has 0 fully saturated rings. The summed E-state index contributed by atoms with van der Waals surface area (Å²) in [6.45, 7) is 0. The van der Waals surface area contributed by atoms with Crippen molar-refractivity contribution in [2.45, 2.75) is 31.6 Å². The molecule has 1 amide bonds. The lowest BCUT2D eigenvalue weighted by atomic mass is 9.77. The molecule has 8 heteroatoms. The molecule has 1 unspecified atom stereocenters. The summed E-state index contributed by atoms with van der Waals surface area (Å²) in [6.07, 6.45) is 1.16. The number of carbonyl (C=O) groups is 2. The number of hydrogen-bond acceptors (Lipinski definition) is 4. The van der Waals surface area contributed by atoms with Gasteiger partial charge in [0.25, 0.3) is 5.69 Å². The third-order valence-electron chi connectivity index (χ3n) is 5.34. The van der Waals surface area contributed by atoms with Crippen LogP contribution in [-0.2, 0) is 9.59 Å². The van der Waals surface area contributed by atoms with Crippen molar-refractivity contribution in [3.8, 4) is 0 Å². The number of anilines is 1. The number of rotatable bonds is 3. The smallest absolute Gasteiger partial charge is 0.271 e. The fraction of sp³-hybridized carbons (Fsp3) is 0.238. The van der Waals surface area contributed by atoms with Crippen LogP contribution in [0.1, 0.15) is 37.2 Å². The number of Topliss-reactive ketones (excluding diaryl/α,β-unsaturated/α-hetero) is 1. The molecule has 4 rings (SSSR count). The van der Waals surface area contributed by atoms with Crippen LogP contribution in [0.5, 0.6) is 0 Å². The summed E-state index contributed by atoms with van der Waals surface area (Å²) in [4.78, 5) is 37.8. The molecule has 1 heterocycles. The second-order valence-electron chi connectivity index (χ2n) is 7.04. The third-order valence-corrected chi connectivity index (χ3v) is 5.66. The van der Waals surface area contributed by atoms with Crippen molar-refractivity contribution in [1.29, 1.82) is 0 Å². The number of ketones is 1. The van der Waals surface area contributed by atoms with Crippen LogP contribution in [0.2, 0.25) is 5.02 Å². The molecule has 0 spiro atoms. The molecule has 0 saturated heterocycles. The first-order valence-electron chi connectivity index (χ1n) is 9.16. The minimum absolute atomic E-state index is 0.121. The van der Waals surface area contributed by atoms with Crippen molar-refractivity contribution >= 4 is 34.7 Å². The number of non-ortho nitro benzene ring substituents is 1. The van der Waals surface area contributed by atoms with Crippen molar-refractivity contribution in [3.05, 3.63) is 80.3 Å². The number of nitro benzene ring substituents is 1. The molecular weight excluding hydrogens is 399 g/mol.